The summed E-state index contributed by atoms with van der Waals surface area (Å²) in [5, 5.41) is 1.55. The maximum atomic E-state index is 10.7. The van der Waals surface area contributed by atoms with Gasteiger partial charge in [0.1, 0.15) is 0 Å². The summed E-state index contributed by atoms with van der Waals surface area (Å²) in [4.78, 5) is 16.2. The summed E-state index contributed by atoms with van der Waals surface area (Å²) in [6.07, 6.45) is 2.45. The molecule has 0 spiro atoms. The van der Waals surface area contributed by atoms with Gasteiger partial charge in [0.05, 0.1) is 5.52 Å². The second-order valence-corrected chi connectivity index (χ2v) is 5.50. The van der Waals surface area contributed by atoms with Gasteiger partial charge >= 0.3 is 0 Å². The molecule has 0 unspecified atom stereocenters. The summed E-state index contributed by atoms with van der Waals surface area (Å²) < 4.78 is 0. The lowest BCUT2D eigenvalue weighted by molar-refractivity contribution is 0.112. The summed E-state index contributed by atoms with van der Waals surface area (Å²) in [6.45, 7) is 4.31. The second-order valence-electron chi connectivity index (χ2n) is 3.88. The van der Waals surface area contributed by atoms with Crippen LogP contribution in [0.2, 0.25) is 0 Å². The Morgan fingerprint density at radius 1 is 1.38 bits per heavy atom. The molecule has 2 rings (SSSR count). The molecule has 0 radical (unpaired) electrons. The molecule has 1 heterocycles. The number of carbonyl (C=O) groups excluding carboxylic acids is 1. The number of para-hydroxylation sites is 1. The minimum Gasteiger partial charge on any atom is -0.298 e. The molecule has 0 aliphatic rings. The van der Waals surface area contributed by atoms with Gasteiger partial charge in [-0.1, -0.05) is 26.0 Å². The third-order valence-corrected chi connectivity index (χ3v) is 3.25. The van der Waals surface area contributed by atoms with Crippen LogP contribution in [-0.4, -0.2) is 16.5 Å². The molecule has 0 N–H and O–H groups in total. The van der Waals surface area contributed by atoms with Crippen molar-refractivity contribution < 1.29 is 4.79 Å². The molecule has 0 bridgehead atoms. The zero-order valence-electron chi connectivity index (χ0n) is 9.31. The number of aldehydes is 1. The van der Waals surface area contributed by atoms with E-state index >= 15 is 0 Å². The van der Waals surface area contributed by atoms with Crippen LogP contribution in [0.3, 0.4) is 0 Å². The lowest BCUT2D eigenvalue weighted by atomic mass is 10.2. The quantitative estimate of drug-likeness (QED) is 0.597. The van der Waals surface area contributed by atoms with Gasteiger partial charge in [-0.3, -0.25) is 9.78 Å². The molecule has 3 heteroatoms. The first-order valence-corrected chi connectivity index (χ1v) is 6.09. The normalized spacial score (nSPS) is 10.9. The third kappa shape index (κ3) is 2.25. The molecule has 0 aliphatic carbocycles. The van der Waals surface area contributed by atoms with Gasteiger partial charge in [0.15, 0.2) is 6.29 Å². The zero-order chi connectivity index (χ0) is 11.5. The van der Waals surface area contributed by atoms with Crippen molar-refractivity contribution >= 4 is 29.0 Å². The van der Waals surface area contributed by atoms with Gasteiger partial charge in [-0.25, -0.2) is 0 Å². The topological polar surface area (TPSA) is 30.0 Å². The number of rotatable bonds is 3. The highest BCUT2D eigenvalue weighted by Gasteiger charge is 2.05. The molecule has 1 aromatic carbocycles. The number of pyridine rings is 1. The fourth-order valence-electron chi connectivity index (χ4n) is 1.56. The average Bonchev–Trinajstić information content (AvgIpc) is 2.28. The minimum atomic E-state index is 0.526. The number of benzene rings is 1. The van der Waals surface area contributed by atoms with E-state index < -0.39 is 0 Å². The Balaban J connectivity index is 2.55. The SMILES string of the molecule is CC(C)Sc1cccc2cc(C=O)cnc12. The summed E-state index contributed by atoms with van der Waals surface area (Å²) in [6, 6.07) is 7.93. The predicted molar refractivity (Wildman–Crippen MR) is 68.1 cm³/mol. The number of thioether (sulfide) groups is 1. The zero-order valence-corrected chi connectivity index (χ0v) is 10.1. The van der Waals surface area contributed by atoms with Crippen LogP contribution in [0, 0.1) is 0 Å². The molecule has 0 aliphatic heterocycles. The molecule has 0 fully saturated rings. The van der Waals surface area contributed by atoms with Crippen LogP contribution < -0.4 is 0 Å². The monoisotopic (exact) mass is 231 g/mol. The largest absolute Gasteiger partial charge is 0.298 e. The number of nitrogens with zero attached hydrogens (tertiary/aromatic N) is 1. The van der Waals surface area contributed by atoms with Crippen molar-refractivity contribution in [2.45, 2.75) is 24.0 Å². The summed E-state index contributed by atoms with van der Waals surface area (Å²) in [5.41, 5.74) is 1.60. The van der Waals surface area contributed by atoms with Gasteiger partial charge < -0.3 is 0 Å². The Morgan fingerprint density at radius 2 is 2.19 bits per heavy atom. The van der Waals surface area contributed by atoms with Gasteiger partial charge in [0.25, 0.3) is 0 Å². The standard InChI is InChI=1S/C13H13NOS/c1-9(2)16-12-5-3-4-11-6-10(8-15)7-14-13(11)12/h3-9H,1-2H3. The van der Waals surface area contributed by atoms with Crippen LogP contribution in [0.25, 0.3) is 10.9 Å². The van der Waals surface area contributed by atoms with Crippen molar-refractivity contribution in [3.63, 3.8) is 0 Å². The fourth-order valence-corrected chi connectivity index (χ4v) is 2.51. The van der Waals surface area contributed by atoms with Crippen molar-refractivity contribution in [1.29, 1.82) is 0 Å². The number of hydrogen-bond acceptors (Lipinski definition) is 3. The molecule has 1 aromatic heterocycles. The average molecular weight is 231 g/mol. The Morgan fingerprint density at radius 3 is 2.88 bits per heavy atom. The number of aromatic nitrogens is 1. The highest BCUT2D eigenvalue weighted by molar-refractivity contribution is 8.00. The van der Waals surface area contributed by atoms with Crippen LogP contribution in [0.15, 0.2) is 35.4 Å². The molecule has 0 saturated heterocycles. The molecule has 0 atom stereocenters. The lowest BCUT2D eigenvalue weighted by Gasteiger charge is -2.07. The highest BCUT2D eigenvalue weighted by atomic mass is 32.2. The van der Waals surface area contributed by atoms with Gasteiger partial charge in [-0.05, 0) is 12.1 Å². The van der Waals surface area contributed by atoms with Crippen LogP contribution in [-0.2, 0) is 0 Å². The minimum absolute atomic E-state index is 0.526. The van der Waals surface area contributed by atoms with Gasteiger partial charge in [0, 0.05) is 27.3 Å². The van der Waals surface area contributed by atoms with E-state index in [-0.39, 0.29) is 0 Å². The van der Waals surface area contributed by atoms with E-state index in [1.807, 2.05) is 18.2 Å². The third-order valence-electron chi connectivity index (χ3n) is 2.19. The number of carbonyl (C=O) groups is 1. The Kier molecular flexibility index (Phi) is 3.25. The first-order chi connectivity index (χ1) is 7.70. The first-order valence-electron chi connectivity index (χ1n) is 5.21. The molecule has 2 aromatic rings. The highest BCUT2D eigenvalue weighted by Crippen LogP contribution is 2.29. The van der Waals surface area contributed by atoms with Crippen LogP contribution in [0.5, 0.6) is 0 Å². The molecule has 82 valence electrons. The second kappa shape index (κ2) is 4.66. The Labute approximate surface area is 99.1 Å². The van der Waals surface area contributed by atoms with Gasteiger partial charge in [-0.15, -0.1) is 11.8 Å². The summed E-state index contributed by atoms with van der Waals surface area (Å²) >= 11 is 1.79. The Hall–Kier alpha value is -1.35. The van der Waals surface area contributed by atoms with Crippen molar-refractivity contribution in [3.05, 3.63) is 36.0 Å². The van der Waals surface area contributed by atoms with Crippen LogP contribution in [0.4, 0.5) is 0 Å². The number of hydrogen-bond donors (Lipinski definition) is 0. The van der Waals surface area contributed by atoms with E-state index in [0.29, 0.717) is 10.8 Å². The summed E-state index contributed by atoms with van der Waals surface area (Å²) in [5.74, 6) is 0. The van der Waals surface area contributed by atoms with Gasteiger partial charge in [-0.2, -0.15) is 0 Å². The lowest BCUT2D eigenvalue weighted by Crippen LogP contribution is -1.90. The molecule has 0 saturated carbocycles. The molecular weight excluding hydrogens is 218 g/mol. The van der Waals surface area contributed by atoms with Crippen molar-refractivity contribution in [2.75, 3.05) is 0 Å². The van der Waals surface area contributed by atoms with E-state index in [4.69, 9.17) is 0 Å². The number of fused-ring (bicyclic) bond motifs is 1. The van der Waals surface area contributed by atoms with E-state index in [1.54, 1.807) is 18.0 Å². The maximum absolute atomic E-state index is 10.7. The van der Waals surface area contributed by atoms with Crippen molar-refractivity contribution in [1.82, 2.24) is 4.98 Å². The first kappa shape index (κ1) is 11.1. The van der Waals surface area contributed by atoms with Gasteiger partial charge in [0.2, 0.25) is 0 Å². The van der Waals surface area contributed by atoms with E-state index in [2.05, 4.69) is 24.9 Å². The predicted octanol–water partition coefficient (Wildman–Crippen LogP) is 3.55. The van der Waals surface area contributed by atoms with E-state index in [0.717, 1.165) is 17.2 Å². The molecular formula is C13H13NOS. The van der Waals surface area contributed by atoms with Crippen molar-refractivity contribution in [2.24, 2.45) is 0 Å². The maximum Gasteiger partial charge on any atom is 0.151 e. The smallest absolute Gasteiger partial charge is 0.151 e. The Bertz CT molecular complexity index is 522. The van der Waals surface area contributed by atoms with Crippen LogP contribution in [0.1, 0.15) is 24.2 Å². The van der Waals surface area contributed by atoms with Crippen LogP contribution >= 0.6 is 11.8 Å². The fraction of sp³-hybridized carbons (Fsp3) is 0.231. The van der Waals surface area contributed by atoms with Crippen molar-refractivity contribution in [3.8, 4) is 0 Å². The van der Waals surface area contributed by atoms with E-state index in [1.165, 1.54) is 4.90 Å². The van der Waals surface area contributed by atoms with E-state index in [9.17, 15) is 4.79 Å². The summed E-state index contributed by atoms with van der Waals surface area (Å²) in [7, 11) is 0. The molecule has 0 amide bonds. The molecule has 16 heavy (non-hydrogen) atoms. The molecule has 2 nitrogen and oxygen atoms in total.